The molecule has 0 heterocycles. The molecule has 0 saturated heterocycles. The van der Waals surface area contributed by atoms with E-state index < -0.39 is 11.6 Å². The van der Waals surface area contributed by atoms with Gasteiger partial charge < -0.3 is 9.47 Å². The van der Waals surface area contributed by atoms with Crippen molar-refractivity contribution in [2.75, 3.05) is 6.61 Å². The van der Waals surface area contributed by atoms with E-state index >= 15 is 0 Å². The van der Waals surface area contributed by atoms with Crippen LogP contribution in [0, 0.1) is 23.4 Å². The average molecular weight is 483 g/mol. The van der Waals surface area contributed by atoms with Crippen LogP contribution in [0.4, 0.5) is 13.2 Å². The summed E-state index contributed by atoms with van der Waals surface area (Å²) in [7, 11) is 0. The number of halogens is 3. The Balaban J connectivity index is 1.40. The van der Waals surface area contributed by atoms with E-state index in [0.29, 0.717) is 40.7 Å². The fraction of sp³-hybridized carbons (Fsp3) is 0.400. The first kappa shape index (κ1) is 25.2. The number of hydrogen-bond donors (Lipinski definition) is 0. The van der Waals surface area contributed by atoms with Crippen LogP contribution in [0.15, 0.2) is 54.6 Å². The predicted molar refractivity (Wildman–Crippen MR) is 133 cm³/mol. The quantitative estimate of drug-likeness (QED) is 0.284. The van der Waals surface area contributed by atoms with Crippen molar-refractivity contribution in [3.05, 3.63) is 83.2 Å². The Morgan fingerprint density at radius 3 is 2.20 bits per heavy atom. The lowest BCUT2D eigenvalue weighted by molar-refractivity contribution is 0.295. The number of rotatable bonds is 9. The van der Waals surface area contributed by atoms with Crippen LogP contribution in [-0.4, -0.2) is 6.61 Å². The number of unbranched alkanes of at least 4 members (excludes halogenated alkanes) is 1. The minimum Gasteiger partial charge on any atom is -0.493 e. The third-order valence-electron chi connectivity index (χ3n) is 6.92. The molecule has 0 aliphatic heterocycles. The van der Waals surface area contributed by atoms with Crippen LogP contribution in [0.1, 0.15) is 69.4 Å². The molecular formula is C30H33F3O2. The van der Waals surface area contributed by atoms with Crippen LogP contribution in [0.3, 0.4) is 0 Å². The summed E-state index contributed by atoms with van der Waals surface area (Å²) in [6.45, 7) is 4.89. The number of hydrogen-bond acceptors (Lipinski definition) is 2. The van der Waals surface area contributed by atoms with Gasteiger partial charge in [0.05, 0.1) is 6.61 Å². The van der Waals surface area contributed by atoms with Gasteiger partial charge in [-0.15, -0.1) is 0 Å². The van der Waals surface area contributed by atoms with Gasteiger partial charge in [-0.1, -0.05) is 57.4 Å². The van der Waals surface area contributed by atoms with Gasteiger partial charge in [-0.05, 0) is 66.5 Å². The summed E-state index contributed by atoms with van der Waals surface area (Å²) < 4.78 is 55.5. The fourth-order valence-electron chi connectivity index (χ4n) is 4.63. The van der Waals surface area contributed by atoms with Crippen molar-refractivity contribution < 1.29 is 22.6 Å². The van der Waals surface area contributed by atoms with Crippen LogP contribution < -0.4 is 9.47 Å². The first-order valence-corrected chi connectivity index (χ1v) is 12.6. The zero-order valence-electron chi connectivity index (χ0n) is 20.5. The van der Waals surface area contributed by atoms with Gasteiger partial charge in [0.1, 0.15) is 23.9 Å². The molecule has 0 N–H and O–H groups in total. The summed E-state index contributed by atoms with van der Waals surface area (Å²) in [6.07, 6.45) is 5.84. The standard InChI is InChI=1S/C30H33F3O2/c1-3-4-17-34-25-14-11-23(28(31)18-25)19-35-24-12-9-22(10-13-24)27-16-15-26(29(32)30(27)33)21-7-5-20(2)6-8-21/h9-16,18,20-21H,3-8,17,19H2,1-2H3. The second-order valence-corrected chi connectivity index (χ2v) is 9.56. The molecule has 186 valence electrons. The molecule has 2 nitrogen and oxygen atoms in total. The van der Waals surface area contributed by atoms with Crippen LogP contribution in [0.2, 0.25) is 0 Å². The van der Waals surface area contributed by atoms with E-state index in [2.05, 4.69) is 13.8 Å². The molecule has 1 fully saturated rings. The van der Waals surface area contributed by atoms with E-state index in [1.807, 2.05) is 0 Å². The van der Waals surface area contributed by atoms with Crippen molar-refractivity contribution in [1.82, 2.24) is 0 Å². The van der Waals surface area contributed by atoms with E-state index in [4.69, 9.17) is 9.47 Å². The van der Waals surface area contributed by atoms with Crippen molar-refractivity contribution in [2.45, 2.75) is 64.9 Å². The van der Waals surface area contributed by atoms with Crippen molar-refractivity contribution in [1.29, 1.82) is 0 Å². The third kappa shape index (κ3) is 6.19. The average Bonchev–Trinajstić information content (AvgIpc) is 2.86. The highest BCUT2D eigenvalue weighted by Gasteiger charge is 2.25. The second kappa shape index (κ2) is 11.7. The van der Waals surface area contributed by atoms with Gasteiger partial charge >= 0.3 is 0 Å². The van der Waals surface area contributed by atoms with Crippen molar-refractivity contribution >= 4 is 0 Å². The molecular weight excluding hydrogens is 449 g/mol. The smallest absolute Gasteiger partial charge is 0.166 e. The fourth-order valence-corrected chi connectivity index (χ4v) is 4.63. The zero-order chi connectivity index (χ0) is 24.8. The van der Waals surface area contributed by atoms with Gasteiger partial charge in [-0.25, -0.2) is 13.2 Å². The maximum Gasteiger partial charge on any atom is 0.166 e. The number of ether oxygens (including phenoxy) is 2. The Kier molecular flexibility index (Phi) is 8.37. The highest BCUT2D eigenvalue weighted by atomic mass is 19.2. The highest BCUT2D eigenvalue weighted by molar-refractivity contribution is 5.65. The minimum absolute atomic E-state index is 0.0537. The van der Waals surface area contributed by atoms with Gasteiger partial charge in [0.25, 0.3) is 0 Å². The van der Waals surface area contributed by atoms with Crippen molar-refractivity contribution in [3.8, 4) is 22.6 Å². The molecule has 1 saturated carbocycles. The molecule has 5 heteroatoms. The van der Waals surface area contributed by atoms with E-state index in [9.17, 15) is 13.2 Å². The Morgan fingerprint density at radius 2 is 1.51 bits per heavy atom. The molecule has 4 rings (SSSR count). The molecule has 0 radical (unpaired) electrons. The maximum absolute atomic E-state index is 15.0. The molecule has 35 heavy (non-hydrogen) atoms. The summed E-state index contributed by atoms with van der Waals surface area (Å²) in [5.74, 6) is -0.172. The Morgan fingerprint density at radius 1 is 0.800 bits per heavy atom. The lowest BCUT2D eigenvalue weighted by Gasteiger charge is -2.27. The SMILES string of the molecule is CCCCOc1ccc(COc2ccc(-c3ccc(C4CCC(C)CC4)c(F)c3F)cc2)c(F)c1. The summed E-state index contributed by atoms with van der Waals surface area (Å²) in [6, 6.07) is 14.9. The molecule has 0 bridgehead atoms. The summed E-state index contributed by atoms with van der Waals surface area (Å²) in [4.78, 5) is 0. The van der Waals surface area contributed by atoms with Crippen LogP contribution >= 0.6 is 0 Å². The van der Waals surface area contributed by atoms with Crippen LogP contribution in [0.25, 0.3) is 11.1 Å². The summed E-state index contributed by atoms with van der Waals surface area (Å²) in [5, 5.41) is 0. The third-order valence-corrected chi connectivity index (χ3v) is 6.92. The molecule has 0 spiro atoms. The Bertz CT molecular complexity index is 1120. The van der Waals surface area contributed by atoms with Gasteiger partial charge in [0, 0.05) is 17.2 Å². The van der Waals surface area contributed by atoms with Crippen LogP contribution in [-0.2, 0) is 6.61 Å². The molecule has 3 aromatic carbocycles. The van der Waals surface area contributed by atoms with E-state index in [1.54, 1.807) is 48.5 Å². The zero-order valence-corrected chi connectivity index (χ0v) is 20.5. The summed E-state index contributed by atoms with van der Waals surface area (Å²) in [5.41, 5.74) is 1.70. The first-order chi connectivity index (χ1) is 17.0. The Hall–Kier alpha value is -2.95. The highest BCUT2D eigenvalue weighted by Crippen LogP contribution is 2.38. The van der Waals surface area contributed by atoms with Crippen molar-refractivity contribution in [2.24, 2.45) is 5.92 Å². The van der Waals surface area contributed by atoms with Crippen LogP contribution in [0.5, 0.6) is 11.5 Å². The number of benzene rings is 3. The largest absolute Gasteiger partial charge is 0.493 e. The minimum atomic E-state index is -0.807. The lowest BCUT2D eigenvalue weighted by atomic mass is 9.79. The second-order valence-electron chi connectivity index (χ2n) is 9.56. The van der Waals surface area contributed by atoms with E-state index in [-0.39, 0.29) is 23.9 Å². The molecule has 3 aromatic rings. The lowest BCUT2D eigenvalue weighted by Crippen LogP contribution is -2.13. The van der Waals surface area contributed by atoms with Gasteiger partial charge in [0.15, 0.2) is 11.6 Å². The molecule has 1 aliphatic carbocycles. The maximum atomic E-state index is 15.0. The Labute approximate surface area is 206 Å². The molecule has 0 amide bonds. The van der Waals surface area contributed by atoms with Gasteiger partial charge in [-0.3, -0.25) is 0 Å². The predicted octanol–water partition coefficient (Wildman–Crippen LogP) is 8.82. The normalized spacial score (nSPS) is 17.9. The van der Waals surface area contributed by atoms with Gasteiger partial charge in [0.2, 0.25) is 0 Å². The topological polar surface area (TPSA) is 18.5 Å². The van der Waals surface area contributed by atoms with E-state index in [1.165, 1.54) is 6.07 Å². The molecule has 0 aromatic heterocycles. The molecule has 0 atom stereocenters. The first-order valence-electron chi connectivity index (χ1n) is 12.6. The molecule has 1 aliphatic rings. The van der Waals surface area contributed by atoms with E-state index in [0.717, 1.165) is 38.5 Å². The summed E-state index contributed by atoms with van der Waals surface area (Å²) >= 11 is 0. The monoisotopic (exact) mass is 482 g/mol. The molecule has 0 unspecified atom stereocenters. The van der Waals surface area contributed by atoms with Crippen molar-refractivity contribution in [3.63, 3.8) is 0 Å². The van der Waals surface area contributed by atoms with Gasteiger partial charge in [-0.2, -0.15) is 0 Å².